The van der Waals surface area contributed by atoms with Crippen LogP contribution in [0.2, 0.25) is 5.02 Å². The Morgan fingerprint density at radius 3 is 2.62 bits per heavy atom. The van der Waals surface area contributed by atoms with E-state index >= 15 is 0 Å². The molecule has 0 aliphatic carbocycles. The number of rotatable bonds is 4. The minimum absolute atomic E-state index is 0.167. The van der Waals surface area contributed by atoms with Gasteiger partial charge in [-0.15, -0.1) is 0 Å². The molecule has 1 unspecified atom stereocenters. The van der Waals surface area contributed by atoms with Crippen LogP contribution in [-0.2, 0) is 10.0 Å². The van der Waals surface area contributed by atoms with Crippen molar-refractivity contribution in [2.75, 3.05) is 5.33 Å². The minimum Gasteiger partial charge on any atom is -0.208 e. The van der Waals surface area contributed by atoms with E-state index in [9.17, 15) is 8.42 Å². The molecular formula is C9H10Br2ClNO2S. The van der Waals surface area contributed by atoms with Crippen molar-refractivity contribution in [2.45, 2.75) is 17.9 Å². The molecule has 7 heteroatoms. The minimum atomic E-state index is -3.48. The zero-order chi connectivity index (χ0) is 12.3. The summed E-state index contributed by atoms with van der Waals surface area (Å²) in [4.78, 5) is 0.191. The summed E-state index contributed by atoms with van der Waals surface area (Å²) >= 11 is 12.2. The van der Waals surface area contributed by atoms with Gasteiger partial charge in [-0.1, -0.05) is 27.5 Å². The molecule has 3 nitrogen and oxygen atoms in total. The van der Waals surface area contributed by atoms with E-state index in [-0.39, 0.29) is 10.9 Å². The first kappa shape index (κ1) is 14.4. The van der Waals surface area contributed by atoms with Crippen LogP contribution in [0.4, 0.5) is 0 Å². The number of hydrogen-bond acceptors (Lipinski definition) is 2. The molecule has 0 aliphatic rings. The van der Waals surface area contributed by atoms with Crippen molar-refractivity contribution in [3.63, 3.8) is 0 Å². The second kappa shape index (κ2) is 5.82. The van der Waals surface area contributed by atoms with Crippen molar-refractivity contribution in [1.82, 2.24) is 4.72 Å². The largest absolute Gasteiger partial charge is 0.240 e. The molecule has 0 bridgehead atoms. The van der Waals surface area contributed by atoms with E-state index in [1.54, 1.807) is 13.0 Å². The smallest absolute Gasteiger partial charge is 0.208 e. The Kier molecular flexibility index (Phi) is 5.25. The molecule has 0 saturated carbocycles. The van der Waals surface area contributed by atoms with E-state index in [2.05, 4.69) is 36.6 Å². The quantitative estimate of drug-likeness (QED) is 0.802. The topological polar surface area (TPSA) is 46.2 Å². The van der Waals surface area contributed by atoms with Gasteiger partial charge in [0.2, 0.25) is 10.0 Å². The molecule has 1 atom stereocenters. The van der Waals surface area contributed by atoms with Gasteiger partial charge in [-0.2, -0.15) is 0 Å². The highest BCUT2D eigenvalue weighted by atomic mass is 79.9. The lowest BCUT2D eigenvalue weighted by Crippen LogP contribution is -2.33. The Labute approximate surface area is 117 Å². The number of halogens is 3. The highest BCUT2D eigenvalue weighted by Crippen LogP contribution is 2.25. The molecule has 1 N–H and O–H groups in total. The number of sulfonamides is 1. The van der Waals surface area contributed by atoms with Crippen LogP contribution >= 0.6 is 43.5 Å². The van der Waals surface area contributed by atoms with Crippen LogP contribution < -0.4 is 4.72 Å². The first-order chi connectivity index (χ1) is 7.36. The van der Waals surface area contributed by atoms with E-state index in [0.29, 0.717) is 14.8 Å². The Morgan fingerprint density at radius 2 is 2.12 bits per heavy atom. The fraction of sp³-hybridized carbons (Fsp3) is 0.333. The maximum absolute atomic E-state index is 11.9. The molecule has 1 rings (SSSR count). The lowest BCUT2D eigenvalue weighted by Gasteiger charge is -2.11. The normalized spacial score (nSPS) is 13.8. The van der Waals surface area contributed by atoms with Crippen molar-refractivity contribution in [3.8, 4) is 0 Å². The lowest BCUT2D eigenvalue weighted by molar-refractivity contribution is 0.571. The van der Waals surface area contributed by atoms with Gasteiger partial charge in [0.1, 0.15) is 0 Å². The molecule has 0 aromatic heterocycles. The second-order valence-electron chi connectivity index (χ2n) is 3.25. The zero-order valence-corrected chi connectivity index (χ0v) is 13.1. The van der Waals surface area contributed by atoms with Crippen molar-refractivity contribution in [1.29, 1.82) is 0 Å². The molecule has 0 aliphatic heterocycles. The fourth-order valence-electron chi connectivity index (χ4n) is 1.01. The van der Waals surface area contributed by atoms with Crippen LogP contribution in [0, 0.1) is 0 Å². The Hall–Kier alpha value is 0.380. The van der Waals surface area contributed by atoms with Crippen molar-refractivity contribution in [2.24, 2.45) is 0 Å². The average molecular weight is 392 g/mol. The molecule has 0 amide bonds. The fourth-order valence-corrected chi connectivity index (χ4v) is 3.30. The van der Waals surface area contributed by atoms with E-state index in [1.165, 1.54) is 12.1 Å². The third kappa shape index (κ3) is 3.70. The summed E-state index contributed by atoms with van der Waals surface area (Å²) < 4.78 is 26.8. The van der Waals surface area contributed by atoms with Gasteiger partial charge < -0.3 is 0 Å². The maximum Gasteiger partial charge on any atom is 0.240 e. The molecule has 0 heterocycles. The molecule has 0 fully saturated rings. The van der Waals surface area contributed by atoms with E-state index in [4.69, 9.17) is 11.6 Å². The van der Waals surface area contributed by atoms with Crippen LogP contribution in [0.1, 0.15) is 6.92 Å². The predicted molar refractivity (Wildman–Crippen MR) is 72.7 cm³/mol. The molecule has 0 saturated heterocycles. The summed E-state index contributed by atoms with van der Waals surface area (Å²) in [5, 5.41) is 1.04. The standard InChI is InChI=1S/C9H10Br2ClNO2S/c1-6(5-10)13-16(14,15)7-2-3-9(12)8(11)4-7/h2-4,6,13H,5H2,1H3. The van der Waals surface area contributed by atoms with Gasteiger partial charge in [0.15, 0.2) is 0 Å². The van der Waals surface area contributed by atoms with Crippen LogP contribution in [0.15, 0.2) is 27.6 Å². The predicted octanol–water partition coefficient (Wildman–Crippen LogP) is 3.16. The molecular weight excluding hydrogens is 381 g/mol. The summed E-state index contributed by atoms with van der Waals surface area (Å²) in [7, 11) is -3.48. The van der Waals surface area contributed by atoms with Gasteiger partial charge in [-0.05, 0) is 41.1 Å². The van der Waals surface area contributed by atoms with Gasteiger partial charge >= 0.3 is 0 Å². The number of alkyl halides is 1. The molecule has 0 spiro atoms. The van der Waals surface area contributed by atoms with Gasteiger partial charge in [-0.3, -0.25) is 0 Å². The summed E-state index contributed by atoms with van der Waals surface area (Å²) in [6.45, 7) is 1.78. The summed E-state index contributed by atoms with van der Waals surface area (Å²) in [5.74, 6) is 0. The Bertz CT molecular complexity index is 478. The Balaban J connectivity index is 3.03. The summed E-state index contributed by atoms with van der Waals surface area (Å²) in [6.07, 6.45) is 0. The summed E-state index contributed by atoms with van der Waals surface area (Å²) in [5.41, 5.74) is 0. The highest BCUT2D eigenvalue weighted by Gasteiger charge is 2.17. The van der Waals surface area contributed by atoms with Crippen molar-refractivity contribution >= 4 is 53.5 Å². The number of benzene rings is 1. The third-order valence-corrected chi connectivity index (χ3v) is 5.56. The first-order valence-corrected chi connectivity index (χ1v) is 8.17. The highest BCUT2D eigenvalue weighted by molar-refractivity contribution is 9.10. The molecule has 1 aromatic carbocycles. The third-order valence-electron chi connectivity index (χ3n) is 1.79. The average Bonchev–Trinajstić information content (AvgIpc) is 2.21. The van der Waals surface area contributed by atoms with E-state index in [1.807, 2.05) is 0 Å². The number of nitrogens with one attached hydrogen (secondary N) is 1. The van der Waals surface area contributed by atoms with Crippen LogP contribution in [0.5, 0.6) is 0 Å². The number of hydrogen-bond donors (Lipinski definition) is 1. The van der Waals surface area contributed by atoms with Crippen molar-refractivity contribution < 1.29 is 8.42 Å². The van der Waals surface area contributed by atoms with E-state index < -0.39 is 10.0 Å². The molecule has 0 radical (unpaired) electrons. The van der Waals surface area contributed by atoms with Gasteiger partial charge in [0.25, 0.3) is 0 Å². The molecule has 90 valence electrons. The summed E-state index contributed by atoms with van der Waals surface area (Å²) in [6, 6.07) is 4.32. The monoisotopic (exact) mass is 389 g/mol. The zero-order valence-electron chi connectivity index (χ0n) is 8.38. The van der Waals surface area contributed by atoms with Gasteiger partial charge in [0, 0.05) is 15.8 Å². The Morgan fingerprint density at radius 1 is 1.50 bits per heavy atom. The second-order valence-corrected chi connectivity index (χ2v) is 6.88. The van der Waals surface area contributed by atoms with Crippen LogP contribution in [0.25, 0.3) is 0 Å². The molecule has 16 heavy (non-hydrogen) atoms. The maximum atomic E-state index is 11.9. The van der Waals surface area contributed by atoms with Gasteiger partial charge in [0.05, 0.1) is 9.92 Å². The lowest BCUT2D eigenvalue weighted by atomic mass is 10.4. The van der Waals surface area contributed by atoms with Gasteiger partial charge in [-0.25, -0.2) is 13.1 Å². The first-order valence-electron chi connectivity index (χ1n) is 4.40. The SMILES string of the molecule is CC(CBr)NS(=O)(=O)c1ccc(Cl)c(Br)c1. The van der Waals surface area contributed by atoms with Crippen LogP contribution in [0.3, 0.4) is 0 Å². The molecule has 1 aromatic rings. The van der Waals surface area contributed by atoms with E-state index in [0.717, 1.165) is 0 Å². The van der Waals surface area contributed by atoms with Crippen LogP contribution in [-0.4, -0.2) is 19.8 Å². The van der Waals surface area contributed by atoms with Crippen molar-refractivity contribution in [3.05, 3.63) is 27.7 Å².